The lowest BCUT2D eigenvalue weighted by Gasteiger charge is -2.09. The van der Waals surface area contributed by atoms with Crippen LogP contribution in [0.4, 0.5) is 0 Å². The number of benzene rings is 2. The second kappa shape index (κ2) is 10.2. The fourth-order valence-corrected chi connectivity index (χ4v) is 3.99. The molecule has 1 amide bonds. The predicted octanol–water partition coefficient (Wildman–Crippen LogP) is 4.97. The van der Waals surface area contributed by atoms with Crippen molar-refractivity contribution in [2.75, 3.05) is 14.2 Å². The van der Waals surface area contributed by atoms with E-state index in [-0.39, 0.29) is 5.91 Å². The number of nitrogens with one attached hydrogen (secondary N) is 3. The van der Waals surface area contributed by atoms with E-state index in [1.165, 1.54) is 6.08 Å². The molecule has 0 aliphatic heterocycles. The zero-order valence-electron chi connectivity index (χ0n) is 19.9. The third-order valence-electron chi connectivity index (χ3n) is 5.86. The summed E-state index contributed by atoms with van der Waals surface area (Å²) in [6.07, 6.45) is 10.5. The van der Waals surface area contributed by atoms with Crippen LogP contribution in [0.25, 0.3) is 39.6 Å². The first-order chi connectivity index (χ1) is 17.6. The Hall–Kier alpha value is -4.85. The number of hydrogen-bond donors (Lipinski definition) is 3. The SMILES string of the molecule is COc1ccc(CNC(=O)/C=C/c2c[nH]c3ncc(-c4cccc(-c5ncc[nH]5)c4)cc23)cc1OC. The fourth-order valence-electron chi connectivity index (χ4n) is 3.99. The van der Waals surface area contributed by atoms with Gasteiger partial charge in [-0.05, 0) is 41.5 Å². The number of hydrogen-bond acceptors (Lipinski definition) is 5. The molecule has 36 heavy (non-hydrogen) atoms. The monoisotopic (exact) mass is 479 g/mol. The van der Waals surface area contributed by atoms with Crippen LogP contribution in [0.15, 0.2) is 79.4 Å². The van der Waals surface area contributed by atoms with E-state index >= 15 is 0 Å². The maximum atomic E-state index is 12.5. The van der Waals surface area contributed by atoms with Crippen LogP contribution >= 0.6 is 0 Å². The maximum Gasteiger partial charge on any atom is 0.244 e. The summed E-state index contributed by atoms with van der Waals surface area (Å²) in [6, 6.07) is 15.7. The zero-order chi connectivity index (χ0) is 24.9. The smallest absolute Gasteiger partial charge is 0.244 e. The van der Waals surface area contributed by atoms with Gasteiger partial charge in [-0.15, -0.1) is 0 Å². The highest BCUT2D eigenvalue weighted by molar-refractivity contribution is 5.96. The standard InChI is InChI=1S/C28H25N5O3/c1-35-24-8-6-18(12-25(24)36-2)15-31-26(34)9-7-21-16-32-28-23(21)14-22(17-33-28)19-4-3-5-20(13-19)27-29-10-11-30-27/h3-14,16-17H,15H2,1-2H3,(H,29,30)(H,31,34)(H,32,33)/b9-7+. The quantitative estimate of drug-likeness (QED) is 0.273. The molecule has 0 fully saturated rings. The normalized spacial score (nSPS) is 11.2. The Kier molecular flexibility index (Phi) is 6.48. The number of H-pyrrole nitrogens is 2. The second-order valence-electron chi connectivity index (χ2n) is 8.12. The van der Waals surface area contributed by atoms with Crippen LogP contribution in [0, 0.1) is 0 Å². The molecule has 0 saturated carbocycles. The minimum atomic E-state index is -0.200. The summed E-state index contributed by atoms with van der Waals surface area (Å²) in [4.78, 5) is 27.7. The number of pyridine rings is 1. The molecule has 0 saturated heterocycles. The average molecular weight is 480 g/mol. The Balaban J connectivity index is 1.31. The van der Waals surface area contributed by atoms with Crippen molar-refractivity contribution in [1.82, 2.24) is 25.3 Å². The molecule has 3 heterocycles. The van der Waals surface area contributed by atoms with Crippen molar-refractivity contribution >= 4 is 23.0 Å². The topological polar surface area (TPSA) is 105 Å². The largest absolute Gasteiger partial charge is 0.493 e. The van der Waals surface area contributed by atoms with Gasteiger partial charge in [0.15, 0.2) is 11.5 Å². The van der Waals surface area contributed by atoms with E-state index in [4.69, 9.17) is 9.47 Å². The number of carbonyl (C=O) groups is 1. The summed E-state index contributed by atoms with van der Waals surface area (Å²) in [6.45, 7) is 0.370. The molecule has 0 unspecified atom stereocenters. The number of methoxy groups -OCH3 is 2. The van der Waals surface area contributed by atoms with Gasteiger partial charge >= 0.3 is 0 Å². The molecule has 8 nitrogen and oxygen atoms in total. The lowest BCUT2D eigenvalue weighted by molar-refractivity contribution is -0.116. The Labute approximate surface area is 208 Å². The van der Waals surface area contributed by atoms with E-state index in [0.717, 1.165) is 44.7 Å². The first kappa shape index (κ1) is 22.9. The van der Waals surface area contributed by atoms with E-state index in [2.05, 4.69) is 37.4 Å². The molecule has 0 spiro atoms. The number of imidazole rings is 1. The molecule has 0 bridgehead atoms. The second-order valence-corrected chi connectivity index (χ2v) is 8.12. The molecular formula is C28H25N5O3. The van der Waals surface area contributed by atoms with Gasteiger partial charge in [0.05, 0.1) is 14.2 Å². The predicted molar refractivity (Wildman–Crippen MR) is 140 cm³/mol. The van der Waals surface area contributed by atoms with Crippen molar-refractivity contribution in [3.05, 3.63) is 90.5 Å². The van der Waals surface area contributed by atoms with Crippen molar-refractivity contribution in [3.63, 3.8) is 0 Å². The van der Waals surface area contributed by atoms with Crippen LogP contribution in [0.3, 0.4) is 0 Å². The lowest BCUT2D eigenvalue weighted by atomic mass is 10.0. The summed E-state index contributed by atoms with van der Waals surface area (Å²) >= 11 is 0. The third kappa shape index (κ3) is 4.83. The Morgan fingerprint density at radius 2 is 1.83 bits per heavy atom. The lowest BCUT2D eigenvalue weighted by Crippen LogP contribution is -2.20. The molecule has 0 radical (unpaired) electrons. The zero-order valence-corrected chi connectivity index (χ0v) is 19.9. The van der Waals surface area contributed by atoms with Crippen molar-refractivity contribution in [2.24, 2.45) is 0 Å². The molecule has 2 aromatic carbocycles. The summed E-state index contributed by atoms with van der Waals surface area (Å²) in [5, 5.41) is 3.83. The maximum absolute atomic E-state index is 12.5. The van der Waals surface area contributed by atoms with Crippen LogP contribution < -0.4 is 14.8 Å². The first-order valence-electron chi connectivity index (χ1n) is 11.4. The molecule has 3 aromatic heterocycles. The van der Waals surface area contributed by atoms with Gasteiger partial charge in [0.25, 0.3) is 0 Å². The number of rotatable bonds is 8. The number of fused-ring (bicyclic) bond motifs is 1. The van der Waals surface area contributed by atoms with Crippen molar-refractivity contribution in [1.29, 1.82) is 0 Å². The Morgan fingerprint density at radius 1 is 0.972 bits per heavy atom. The summed E-state index contributed by atoms with van der Waals surface area (Å²) in [5.74, 6) is 1.88. The average Bonchev–Trinajstić information content (AvgIpc) is 3.61. The molecule has 0 aliphatic carbocycles. The number of aromatic nitrogens is 4. The van der Waals surface area contributed by atoms with Crippen LogP contribution in [-0.2, 0) is 11.3 Å². The minimum absolute atomic E-state index is 0.200. The first-order valence-corrected chi connectivity index (χ1v) is 11.4. The summed E-state index contributed by atoms with van der Waals surface area (Å²) in [7, 11) is 3.17. The van der Waals surface area contributed by atoms with E-state index in [9.17, 15) is 4.79 Å². The van der Waals surface area contributed by atoms with Gasteiger partial charge in [-0.2, -0.15) is 0 Å². The van der Waals surface area contributed by atoms with E-state index in [1.807, 2.05) is 48.8 Å². The number of amides is 1. The van der Waals surface area contributed by atoms with Gasteiger partial charge in [0.2, 0.25) is 5.91 Å². The molecule has 3 N–H and O–H groups in total. The van der Waals surface area contributed by atoms with E-state index in [1.54, 1.807) is 32.7 Å². The van der Waals surface area contributed by atoms with Crippen LogP contribution in [-0.4, -0.2) is 40.1 Å². The number of ether oxygens (including phenoxy) is 2. The fraction of sp³-hybridized carbons (Fsp3) is 0.107. The van der Waals surface area contributed by atoms with Crippen molar-refractivity contribution < 1.29 is 14.3 Å². The number of nitrogens with zero attached hydrogens (tertiary/aromatic N) is 2. The highest BCUT2D eigenvalue weighted by Crippen LogP contribution is 2.29. The van der Waals surface area contributed by atoms with Gasteiger partial charge in [-0.3, -0.25) is 4.79 Å². The summed E-state index contributed by atoms with van der Waals surface area (Å²) < 4.78 is 10.6. The van der Waals surface area contributed by atoms with Crippen molar-refractivity contribution in [2.45, 2.75) is 6.54 Å². The van der Waals surface area contributed by atoms with Crippen LogP contribution in [0.5, 0.6) is 11.5 Å². The van der Waals surface area contributed by atoms with Gasteiger partial charge < -0.3 is 24.8 Å². The van der Waals surface area contributed by atoms with Gasteiger partial charge in [-0.1, -0.05) is 24.3 Å². The third-order valence-corrected chi connectivity index (χ3v) is 5.86. The molecule has 0 atom stereocenters. The number of carbonyl (C=O) groups excluding carboxylic acids is 1. The van der Waals surface area contributed by atoms with E-state index < -0.39 is 0 Å². The number of aromatic amines is 2. The Bertz CT molecular complexity index is 1540. The van der Waals surface area contributed by atoms with Gasteiger partial charge in [0, 0.05) is 59.5 Å². The van der Waals surface area contributed by atoms with Crippen molar-refractivity contribution in [3.8, 4) is 34.0 Å². The van der Waals surface area contributed by atoms with E-state index in [0.29, 0.717) is 18.0 Å². The highest BCUT2D eigenvalue weighted by Gasteiger charge is 2.09. The molecule has 5 aromatic rings. The molecule has 180 valence electrons. The van der Waals surface area contributed by atoms with Gasteiger partial charge in [0.1, 0.15) is 11.5 Å². The van der Waals surface area contributed by atoms with Crippen LogP contribution in [0.1, 0.15) is 11.1 Å². The Morgan fingerprint density at radius 3 is 2.64 bits per heavy atom. The van der Waals surface area contributed by atoms with Gasteiger partial charge in [-0.25, -0.2) is 9.97 Å². The molecular weight excluding hydrogens is 454 g/mol. The molecule has 0 aliphatic rings. The van der Waals surface area contributed by atoms with Crippen LogP contribution in [0.2, 0.25) is 0 Å². The minimum Gasteiger partial charge on any atom is -0.493 e. The summed E-state index contributed by atoms with van der Waals surface area (Å²) in [5.41, 5.74) is 5.55. The molecule has 8 heteroatoms. The highest BCUT2D eigenvalue weighted by atomic mass is 16.5. The molecule has 5 rings (SSSR count).